The highest BCUT2D eigenvalue weighted by Gasteiger charge is 2.31. The lowest BCUT2D eigenvalue weighted by Crippen LogP contribution is -2.39. The molecule has 0 bridgehead atoms. The normalized spacial score (nSPS) is 11.4. The van der Waals surface area contributed by atoms with Crippen molar-refractivity contribution in [3.05, 3.63) is 36.0 Å². The van der Waals surface area contributed by atoms with Crippen molar-refractivity contribution in [1.82, 2.24) is 10.4 Å². The van der Waals surface area contributed by atoms with Crippen molar-refractivity contribution in [3.63, 3.8) is 0 Å². The number of hydrogen-bond acceptors (Lipinski definition) is 4. The molecule has 1 aromatic rings. The number of aromatic nitrogens is 1. The number of rotatable bonds is 4. The van der Waals surface area contributed by atoms with Crippen LogP contribution < -0.4 is 10.4 Å². The molecule has 0 aliphatic rings. The number of aliphatic carboxylic acids is 1. The topological polar surface area (TPSA) is 82.5 Å². The monoisotopic (exact) mass is 289 g/mol. The fourth-order valence-corrected chi connectivity index (χ4v) is 1.18. The van der Waals surface area contributed by atoms with E-state index in [0.29, 0.717) is 6.08 Å². The van der Waals surface area contributed by atoms with Gasteiger partial charge in [-0.3, -0.25) is 15.2 Å². The molecule has 1 amide bonds. The fourth-order valence-electron chi connectivity index (χ4n) is 1.18. The summed E-state index contributed by atoms with van der Waals surface area (Å²) < 4.78 is 37.5. The maximum absolute atomic E-state index is 12.5. The van der Waals surface area contributed by atoms with Crippen LogP contribution in [-0.2, 0) is 15.8 Å². The van der Waals surface area contributed by atoms with Crippen LogP contribution >= 0.6 is 0 Å². The van der Waals surface area contributed by atoms with Crippen LogP contribution in [0.25, 0.3) is 0 Å². The highest BCUT2D eigenvalue weighted by Crippen LogP contribution is 2.30. The van der Waals surface area contributed by atoms with Gasteiger partial charge in [-0.1, -0.05) is 0 Å². The first-order valence-corrected chi connectivity index (χ1v) is 5.19. The molecule has 0 fully saturated rings. The SMILES string of the molecule is CN(NC(=O)/C=C/C(=O)O)c1cc(C(F)(F)F)ccn1. The number of nitrogens with one attached hydrogen (secondary N) is 1. The summed E-state index contributed by atoms with van der Waals surface area (Å²) >= 11 is 0. The van der Waals surface area contributed by atoms with Crippen LogP contribution in [0.1, 0.15) is 5.56 Å². The molecule has 0 spiro atoms. The molecule has 9 heteroatoms. The summed E-state index contributed by atoms with van der Waals surface area (Å²) in [4.78, 5) is 25.1. The molecule has 0 atom stereocenters. The number of amides is 1. The molecule has 0 aromatic carbocycles. The standard InChI is InChI=1S/C11H10F3N3O3/c1-17(16-9(18)2-3-10(19)20)8-6-7(4-5-15-8)11(12,13)14/h2-6H,1H3,(H,16,18)(H,19,20)/b3-2+. The molecule has 6 nitrogen and oxygen atoms in total. The lowest BCUT2D eigenvalue weighted by Gasteiger charge is -2.19. The Balaban J connectivity index is 2.80. The molecule has 0 aliphatic carbocycles. The van der Waals surface area contributed by atoms with Gasteiger partial charge >= 0.3 is 12.1 Å². The van der Waals surface area contributed by atoms with Crippen LogP contribution in [0.3, 0.4) is 0 Å². The van der Waals surface area contributed by atoms with E-state index in [2.05, 4.69) is 10.4 Å². The molecule has 1 aromatic heterocycles. The summed E-state index contributed by atoms with van der Waals surface area (Å²) in [6, 6.07) is 1.55. The first-order valence-electron chi connectivity index (χ1n) is 5.19. The second-order valence-corrected chi connectivity index (χ2v) is 3.61. The number of hydrogen-bond donors (Lipinski definition) is 2. The number of anilines is 1. The predicted octanol–water partition coefficient (Wildman–Crippen LogP) is 1.21. The summed E-state index contributed by atoms with van der Waals surface area (Å²) in [5, 5.41) is 9.27. The molecule has 1 rings (SSSR count). The van der Waals surface area contributed by atoms with Gasteiger partial charge in [0.2, 0.25) is 0 Å². The highest BCUT2D eigenvalue weighted by molar-refractivity contribution is 5.94. The number of nitrogens with zero attached hydrogens (tertiary/aromatic N) is 2. The summed E-state index contributed by atoms with van der Waals surface area (Å²) in [6.45, 7) is 0. The van der Waals surface area contributed by atoms with Gasteiger partial charge in [0.05, 0.1) is 5.56 Å². The third kappa shape index (κ3) is 4.59. The maximum Gasteiger partial charge on any atom is 0.416 e. The van der Waals surface area contributed by atoms with E-state index in [1.165, 1.54) is 7.05 Å². The Morgan fingerprint density at radius 3 is 2.60 bits per heavy atom. The fraction of sp³-hybridized carbons (Fsp3) is 0.182. The van der Waals surface area contributed by atoms with Crippen molar-refractivity contribution < 1.29 is 27.9 Å². The molecular weight excluding hydrogens is 279 g/mol. The summed E-state index contributed by atoms with van der Waals surface area (Å²) in [6.07, 6.45) is -2.24. The van der Waals surface area contributed by atoms with Gasteiger partial charge in [-0.25, -0.2) is 9.78 Å². The minimum Gasteiger partial charge on any atom is -0.478 e. The number of carboxylic acids is 1. The zero-order valence-corrected chi connectivity index (χ0v) is 10.2. The van der Waals surface area contributed by atoms with Crippen molar-refractivity contribution in [2.75, 3.05) is 12.1 Å². The van der Waals surface area contributed by atoms with Crippen molar-refractivity contribution in [3.8, 4) is 0 Å². The van der Waals surface area contributed by atoms with Gasteiger partial charge in [0.25, 0.3) is 5.91 Å². The molecule has 0 aliphatic heterocycles. The maximum atomic E-state index is 12.5. The molecule has 1 heterocycles. The van der Waals surface area contributed by atoms with Crippen LogP contribution in [0.2, 0.25) is 0 Å². The van der Waals surface area contributed by atoms with E-state index in [0.717, 1.165) is 29.4 Å². The number of hydrazine groups is 1. The lowest BCUT2D eigenvalue weighted by atomic mass is 10.2. The lowest BCUT2D eigenvalue weighted by molar-refractivity contribution is -0.137. The van der Waals surface area contributed by atoms with Crippen molar-refractivity contribution in [2.24, 2.45) is 0 Å². The minimum atomic E-state index is -4.52. The number of halogens is 3. The highest BCUT2D eigenvalue weighted by atomic mass is 19.4. The van der Waals surface area contributed by atoms with Crippen LogP contribution in [-0.4, -0.2) is 29.0 Å². The molecule has 0 saturated carbocycles. The average Bonchev–Trinajstić information content (AvgIpc) is 2.35. The molecule has 108 valence electrons. The first-order chi connectivity index (χ1) is 9.20. The van der Waals surface area contributed by atoms with Crippen LogP contribution in [0.15, 0.2) is 30.5 Å². The molecule has 0 saturated heterocycles. The molecular formula is C11H10F3N3O3. The van der Waals surface area contributed by atoms with E-state index in [9.17, 15) is 22.8 Å². The predicted molar refractivity (Wildman–Crippen MR) is 62.6 cm³/mol. The number of alkyl halides is 3. The Kier molecular flexibility index (Phi) is 4.68. The third-order valence-corrected chi connectivity index (χ3v) is 2.07. The largest absolute Gasteiger partial charge is 0.478 e. The summed E-state index contributed by atoms with van der Waals surface area (Å²) in [7, 11) is 1.27. The van der Waals surface area contributed by atoms with Gasteiger partial charge in [-0.15, -0.1) is 0 Å². The second-order valence-electron chi connectivity index (χ2n) is 3.61. The molecule has 0 radical (unpaired) electrons. The van der Waals surface area contributed by atoms with E-state index in [1.54, 1.807) is 0 Å². The molecule has 2 N–H and O–H groups in total. The van der Waals surface area contributed by atoms with E-state index >= 15 is 0 Å². The first kappa shape index (κ1) is 15.5. The van der Waals surface area contributed by atoms with Crippen LogP contribution in [0.4, 0.5) is 19.0 Å². The zero-order chi connectivity index (χ0) is 15.3. The molecule has 20 heavy (non-hydrogen) atoms. The average molecular weight is 289 g/mol. The Hall–Kier alpha value is -2.58. The van der Waals surface area contributed by atoms with Gasteiger partial charge in [-0.05, 0) is 12.1 Å². The number of pyridine rings is 1. The Labute approximate surface area is 111 Å². The van der Waals surface area contributed by atoms with Crippen LogP contribution in [0, 0.1) is 0 Å². The van der Waals surface area contributed by atoms with Crippen molar-refractivity contribution >= 4 is 17.7 Å². The number of carboxylic acid groups (broad SMARTS) is 1. The van der Waals surface area contributed by atoms with E-state index in [4.69, 9.17) is 5.11 Å². The smallest absolute Gasteiger partial charge is 0.416 e. The Morgan fingerprint density at radius 2 is 2.05 bits per heavy atom. The third-order valence-electron chi connectivity index (χ3n) is 2.07. The van der Waals surface area contributed by atoms with E-state index in [-0.39, 0.29) is 5.82 Å². The van der Waals surface area contributed by atoms with Gasteiger partial charge in [0, 0.05) is 25.4 Å². The van der Waals surface area contributed by atoms with E-state index < -0.39 is 23.6 Å². The van der Waals surface area contributed by atoms with Gasteiger partial charge in [0.15, 0.2) is 0 Å². The Morgan fingerprint density at radius 1 is 1.40 bits per heavy atom. The van der Waals surface area contributed by atoms with Gasteiger partial charge < -0.3 is 5.11 Å². The van der Waals surface area contributed by atoms with Crippen LogP contribution in [0.5, 0.6) is 0 Å². The quantitative estimate of drug-likeness (QED) is 0.643. The minimum absolute atomic E-state index is 0.142. The van der Waals surface area contributed by atoms with Crippen molar-refractivity contribution in [1.29, 1.82) is 0 Å². The van der Waals surface area contributed by atoms with Crippen molar-refractivity contribution in [2.45, 2.75) is 6.18 Å². The molecule has 0 unspecified atom stereocenters. The second kappa shape index (κ2) is 6.04. The number of carbonyl (C=O) groups excluding carboxylic acids is 1. The van der Waals surface area contributed by atoms with Gasteiger partial charge in [0.1, 0.15) is 5.82 Å². The van der Waals surface area contributed by atoms with Gasteiger partial charge in [-0.2, -0.15) is 13.2 Å². The summed E-state index contributed by atoms with van der Waals surface area (Å²) in [5.74, 6) is -2.27. The van der Waals surface area contributed by atoms with E-state index in [1.807, 2.05) is 0 Å². The number of carbonyl (C=O) groups is 2. The Bertz CT molecular complexity index is 543. The zero-order valence-electron chi connectivity index (χ0n) is 10.2. The summed E-state index contributed by atoms with van der Waals surface area (Å²) in [5.41, 5.74) is 1.23.